The molecule has 0 spiro atoms. The molecule has 1 rings (SSSR count). The number of hydrogen-bond acceptors (Lipinski definition) is 10. The van der Waals surface area contributed by atoms with E-state index in [1.54, 1.807) is 0 Å². The van der Waals surface area contributed by atoms with E-state index in [4.69, 9.17) is 18.9 Å². The third-order valence-electron chi connectivity index (χ3n) is 10.5. The van der Waals surface area contributed by atoms with Crippen molar-refractivity contribution in [2.45, 2.75) is 243 Å². The number of aliphatic hydroxyl groups excluding tert-OH is 4. The highest BCUT2D eigenvalue weighted by molar-refractivity contribution is 5.70. The van der Waals surface area contributed by atoms with E-state index in [-0.39, 0.29) is 32.0 Å². The minimum absolute atomic E-state index is 0.209. The van der Waals surface area contributed by atoms with Crippen molar-refractivity contribution in [3.05, 3.63) is 0 Å². The first kappa shape index (κ1) is 49.7. The van der Waals surface area contributed by atoms with Crippen molar-refractivity contribution < 1.29 is 49.0 Å². The van der Waals surface area contributed by atoms with Gasteiger partial charge in [-0.3, -0.25) is 9.59 Å². The number of rotatable bonds is 37. The molecular formula is C43H82O10. The van der Waals surface area contributed by atoms with Crippen LogP contribution in [-0.2, 0) is 28.5 Å². The molecule has 0 aromatic carbocycles. The molecule has 0 radical (unpaired) electrons. The molecule has 314 valence electrons. The second kappa shape index (κ2) is 35.1. The summed E-state index contributed by atoms with van der Waals surface area (Å²) >= 11 is 0. The second-order valence-corrected chi connectivity index (χ2v) is 15.5. The molecule has 1 aliphatic rings. The summed E-state index contributed by atoms with van der Waals surface area (Å²) in [4.78, 5) is 25.3. The fourth-order valence-electron chi connectivity index (χ4n) is 6.95. The van der Waals surface area contributed by atoms with Crippen LogP contribution in [0.3, 0.4) is 0 Å². The number of unbranched alkanes of at least 4 members (excludes halogenated alkanes) is 26. The largest absolute Gasteiger partial charge is 0.462 e. The molecule has 0 aromatic rings. The van der Waals surface area contributed by atoms with E-state index in [0.717, 1.165) is 38.5 Å². The van der Waals surface area contributed by atoms with Crippen LogP contribution in [0.2, 0.25) is 0 Å². The molecule has 10 nitrogen and oxygen atoms in total. The van der Waals surface area contributed by atoms with E-state index in [2.05, 4.69) is 13.8 Å². The van der Waals surface area contributed by atoms with Gasteiger partial charge in [0.05, 0.1) is 13.2 Å². The van der Waals surface area contributed by atoms with Gasteiger partial charge >= 0.3 is 11.9 Å². The first-order valence-corrected chi connectivity index (χ1v) is 22.1. The zero-order valence-electron chi connectivity index (χ0n) is 34.0. The highest BCUT2D eigenvalue weighted by atomic mass is 16.7. The first-order chi connectivity index (χ1) is 25.8. The van der Waals surface area contributed by atoms with E-state index in [1.807, 2.05) is 0 Å². The summed E-state index contributed by atoms with van der Waals surface area (Å²) in [6, 6.07) is 0. The van der Waals surface area contributed by atoms with Crippen molar-refractivity contribution in [2.24, 2.45) is 0 Å². The Kier molecular flexibility index (Phi) is 33.0. The normalized spacial score (nSPS) is 20.8. The Balaban J connectivity index is 2.31. The smallest absolute Gasteiger partial charge is 0.306 e. The van der Waals surface area contributed by atoms with Crippen LogP contribution >= 0.6 is 0 Å². The van der Waals surface area contributed by atoms with Crippen LogP contribution in [-0.4, -0.2) is 89.0 Å². The third-order valence-corrected chi connectivity index (χ3v) is 10.5. The van der Waals surface area contributed by atoms with Gasteiger partial charge in [-0.1, -0.05) is 181 Å². The molecule has 4 N–H and O–H groups in total. The summed E-state index contributed by atoms with van der Waals surface area (Å²) in [5.41, 5.74) is 0. The van der Waals surface area contributed by atoms with Crippen LogP contribution < -0.4 is 0 Å². The van der Waals surface area contributed by atoms with Crippen LogP contribution in [0.5, 0.6) is 0 Å². The molecule has 2 unspecified atom stereocenters. The van der Waals surface area contributed by atoms with E-state index >= 15 is 0 Å². The molecule has 0 amide bonds. The highest BCUT2D eigenvalue weighted by Crippen LogP contribution is 2.23. The number of esters is 2. The van der Waals surface area contributed by atoms with E-state index in [1.165, 1.54) is 135 Å². The van der Waals surface area contributed by atoms with Crippen molar-refractivity contribution in [3.8, 4) is 0 Å². The Labute approximate surface area is 323 Å². The van der Waals surface area contributed by atoms with Crippen molar-refractivity contribution >= 4 is 11.9 Å². The van der Waals surface area contributed by atoms with Gasteiger partial charge in [0.15, 0.2) is 12.4 Å². The predicted molar refractivity (Wildman–Crippen MR) is 210 cm³/mol. The van der Waals surface area contributed by atoms with Gasteiger partial charge in [-0.15, -0.1) is 0 Å². The van der Waals surface area contributed by atoms with Gasteiger partial charge in [0.25, 0.3) is 0 Å². The molecule has 10 heteroatoms. The molecule has 0 aliphatic carbocycles. The number of aliphatic hydroxyl groups is 4. The SMILES string of the molecule is CCCCCCCCCCCCCCCCCCC(=O)OC[C@@H](CO[C@H]1O[C@@H](CO)[C@@H](O)C(O)C1O)OC(=O)CCCCCCCCCCCCCC. The molecule has 1 saturated heterocycles. The summed E-state index contributed by atoms with van der Waals surface area (Å²) in [7, 11) is 0. The lowest BCUT2D eigenvalue weighted by molar-refractivity contribution is -0.305. The summed E-state index contributed by atoms with van der Waals surface area (Å²) in [5, 5.41) is 40.0. The van der Waals surface area contributed by atoms with Crippen molar-refractivity contribution in [1.82, 2.24) is 0 Å². The van der Waals surface area contributed by atoms with Crippen LogP contribution in [0.4, 0.5) is 0 Å². The Hall–Kier alpha value is -1.30. The highest BCUT2D eigenvalue weighted by Gasteiger charge is 2.44. The molecule has 0 aromatic heterocycles. The third kappa shape index (κ3) is 27.0. The summed E-state index contributed by atoms with van der Waals surface area (Å²) in [6.45, 7) is 3.44. The molecule has 1 fully saturated rings. The Bertz CT molecular complexity index is 840. The lowest BCUT2D eigenvalue weighted by atomic mass is 9.99. The van der Waals surface area contributed by atoms with Gasteiger partial charge in [-0.05, 0) is 12.8 Å². The Morgan fingerprint density at radius 2 is 0.887 bits per heavy atom. The van der Waals surface area contributed by atoms with Crippen LogP contribution in [0.25, 0.3) is 0 Å². The average Bonchev–Trinajstić information content (AvgIpc) is 3.15. The lowest BCUT2D eigenvalue weighted by Gasteiger charge is -2.39. The molecule has 0 saturated carbocycles. The minimum atomic E-state index is -1.59. The standard InChI is InChI=1S/C43H82O10/c1-3-5-7-9-11-13-15-17-18-19-20-22-23-25-27-29-31-38(45)50-34-36(35-51-43-42(49)41(48)40(47)37(33-44)53-43)52-39(46)32-30-28-26-24-21-16-14-12-10-8-6-4-2/h36-37,40-44,47-49H,3-35H2,1-2H3/t36-,37-,40+,41?,42?,43-/m0/s1. The number of hydrogen-bond donors (Lipinski definition) is 4. The topological polar surface area (TPSA) is 152 Å². The maximum absolute atomic E-state index is 12.7. The van der Waals surface area contributed by atoms with Crippen LogP contribution in [0.15, 0.2) is 0 Å². The molecule has 0 bridgehead atoms. The molecule has 53 heavy (non-hydrogen) atoms. The van der Waals surface area contributed by atoms with E-state index < -0.39 is 49.4 Å². The van der Waals surface area contributed by atoms with Crippen LogP contribution in [0.1, 0.15) is 206 Å². The van der Waals surface area contributed by atoms with Gasteiger partial charge in [0.1, 0.15) is 31.0 Å². The Morgan fingerprint density at radius 1 is 0.509 bits per heavy atom. The van der Waals surface area contributed by atoms with Crippen LogP contribution in [0, 0.1) is 0 Å². The summed E-state index contributed by atoms with van der Waals surface area (Å²) in [5.74, 6) is -0.793. The number of carbonyl (C=O) groups excluding carboxylic acids is 2. The summed E-state index contributed by atoms with van der Waals surface area (Å²) < 4.78 is 22.1. The zero-order chi connectivity index (χ0) is 38.8. The molecule has 1 heterocycles. The van der Waals surface area contributed by atoms with Gasteiger partial charge in [0.2, 0.25) is 0 Å². The molecule has 1 aliphatic heterocycles. The fourth-order valence-corrected chi connectivity index (χ4v) is 6.95. The first-order valence-electron chi connectivity index (χ1n) is 22.1. The minimum Gasteiger partial charge on any atom is -0.462 e. The average molecular weight is 759 g/mol. The lowest BCUT2D eigenvalue weighted by Crippen LogP contribution is -2.59. The second-order valence-electron chi connectivity index (χ2n) is 15.5. The maximum Gasteiger partial charge on any atom is 0.306 e. The van der Waals surface area contributed by atoms with E-state index in [9.17, 15) is 30.0 Å². The van der Waals surface area contributed by atoms with E-state index in [0.29, 0.717) is 6.42 Å². The van der Waals surface area contributed by atoms with Crippen molar-refractivity contribution in [3.63, 3.8) is 0 Å². The van der Waals surface area contributed by atoms with Crippen molar-refractivity contribution in [2.75, 3.05) is 19.8 Å². The fraction of sp³-hybridized carbons (Fsp3) is 0.953. The van der Waals surface area contributed by atoms with Gasteiger partial charge in [0, 0.05) is 12.8 Å². The van der Waals surface area contributed by atoms with Gasteiger partial charge in [-0.25, -0.2) is 0 Å². The maximum atomic E-state index is 12.7. The van der Waals surface area contributed by atoms with Gasteiger partial charge < -0.3 is 39.4 Å². The summed E-state index contributed by atoms with van der Waals surface area (Å²) in [6.07, 6.45) is 26.8. The Morgan fingerprint density at radius 3 is 1.28 bits per heavy atom. The predicted octanol–water partition coefficient (Wildman–Crippen LogP) is 9.00. The monoisotopic (exact) mass is 759 g/mol. The zero-order valence-corrected chi connectivity index (χ0v) is 34.0. The van der Waals surface area contributed by atoms with Crippen molar-refractivity contribution in [1.29, 1.82) is 0 Å². The molecule has 6 atom stereocenters. The quantitative estimate of drug-likeness (QED) is 0.0357. The number of ether oxygens (including phenoxy) is 4. The number of carbonyl (C=O) groups is 2. The van der Waals surface area contributed by atoms with Gasteiger partial charge in [-0.2, -0.15) is 0 Å². The molecular weight excluding hydrogens is 676 g/mol.